The molecule has 0 radical (unpaired) electrons. The van der Waals surface area contributed by atoms with Crippen LogP contribution in [0.15, 0.2) is 42.7 Å². The summed E-state index contributed by atoms with van der Waals surface area (Å²) in [6, 6.07) is 9.16. The first kappa shape index (κ1) is 12.1. The number of nitrogens with two attached hydrogens (primary N) is 1. The number of nitrogens with one attached hydrogen (secondary N) is 1. The molecule has 2 aromatic heterocycles. The van der Waals surface area contributed by atoms with Crippen molar-refractivity contribution in [3.05, 3.63) is 53.9 Å². The second-order valence-corrected chi connectivity index (χ2v) is 4.44. The van der Waals surface area contributed by atoms with E-state index in [2.05, 4.69) is 4.98 Å². The number of hydrogen-bond acceptors (Lipinski definition) is 4. The number of nitrogens with zero attached hydrogens (tertiary/aromatic N) is 2. The van der Waals surface area contributed by atoms with Crippen LogP contribution in [-0.4, -0.2) is 22.1 Å². The summed E-state index contributed by atoms with van der Waals surface area (Å²) < 4.78 is 1.90. The largest absolute Gasteiger partial charge is 0.398 e. The number of aromatic nitrogens is 2. The Bertz CT molecular complexity index is 820. The van der Waals surface area contributed by atoms with Crippen molar-refractivity contribution in [1.82, 2.24) is 9.55 Å². The van der Waals surface area contributed by atoms with Crippen molar-refractivity contribution in [2.75, 3.05) is 5.73 Å². The van der Waals surface area contributed by atoms with Gasteiger partial charge in [0.2, 0.25) is 0 Å². The predicted octanol–water partition coefficient (Wildman–Crippen LogP) is 2.42. The first-order valence-electron chi connectivity index (χ1n) is 6.05. The molecule has 0 saturated carbocycles. The van der Waals surface area contributed by atoms with Gasteiger partial charge in [0.25, 0.3) is 0 Å². The Hall–Kier alpha value is -2.95. The van der Waals surface area contributed by atoms with E-state index in [-0.39, 0.29) is 0 Å². The molecule has 0 aliphatic carbocycles. The molecule has 1 aromatic carbocycles. The van der Waals surface area contributed by atoms with Crippen LogP contribution in [0.4, 0.5) is 5.69 Å². The van der Waals surface area contributed by atoms with Gasteiger partial charge < -0.3 is 15.7 Å². The van der Waals surface area contributed by atoms with E-state index >= 15 is 0 Å². The molecule has 2 heterocycles. The van der Waals surface area contributed by atoms with Gasteiger partial charge in [-0.15, -0.1) is 0 Å². The van der Waals surface area contributed by atoms with E-state index in [1.165, 1.54) is 6.21 Å². The molecule has 3 N–H and O–H groups in total. The lowest BCUT2D eigenvalue weighted by atomic mass is 10.1. The molecule has 0 unspecified atom stereocenters. The van der Waals surface area contributed by atoms with Gasteiger partial charge in [-0.3, -0.25) is 4.79 Å². The Kier molecular flexibility index (Phi) is 2.80. The number of benzene rings is 1. The predicted molar refractivity (Wildman–Crippen MR) is 78.8 cm³/mol. The van der Waals surface area contributed by atoms with Gasteiger partial charge in [0, 0.05) is 46.5 Å². The number of carbonyl (C=O) groups excluding carboxylic acids is 1. The maximum Gasteiger partial charge on any atom is 0.151 e. The maximum absolute atomic E-state index is 10.8. The van der Waals surface area contributed by atoms with E-state index in [1.807, 2.05) is 29.0 Å². The van der Waals surface area contributed by atoms with Crippen molar-refractivity contribution in [2.45, 2.75) is 0 Å². The number of nitrogen functional groups attached to an aromatic ring is 1. The molecule has 20 heavy (non-hydrogen) atoms. The average molecular weight is 264 g/mol. The van der Waals surface area contributed by atoms with Crippen LogP contribution >= 0.6 is 0 Å². The Labute approximate surface area is 115 Å². The van der Waals surface area contributed by atoms with Crippen LogP contribution in [-0.2, 0) is 0 Å². The number of fused-ring (bicyclic) bond motifs is 1. The Morgan fingerprint density at radius 3 is 2.85 bits per heavy atom. The van der Waals surface area contributed by atoms with Crippen molar-refractivity contribution in [3.8, 4) is 5.69 Å². The van der Waals surface area contributed by atoms with E-state index in [1.54, 1.807) is 18.3 Å². The highest BCUT2D eigenvalue weighted by Gasteiger charge is 2.07. The summed E-state index contributed by atoms with van der Waals surface area (Å²) in [4.78, 5) is 15.1. The van der Waals surface area contributed by atoms with Gasteiger partial charge in [0.05, 0.1) is 0 Å². The number of anilines is 1. The number of aldehydes is 1. The molecule has 0 aliphatic heterocycles. The zero-order valence-corrected chi connectivity index (χ0v) is 10.6. The first-order valence-corrected chi connectivity index (χ1v) is 6.05. The molecule has 5 heteroatoms. The van der Waals surface area contributed by atoms with E-state index in [0.717, 1.165) is 23.0 Å². The molecule has 0 atom stereocenters. The van der Waals surface area contributed by atoms with Gasteiger partial charge in [0.15, 0.2) is 6.29 Å². The van der Waals surface area contributed by atoms with Crippen molar-refractivity contribution in [3.63, 3.8) is 0 Å². The van der Waals surface area contributed by atoms with Gasteiger partial charge in [-0.25, -0.2) is 4.98 Å². The minimum atomic E-state index is 0.549. The molecular formula is C15H12N4O. The molecule has 0 amide bonds. The van der Waals surface area contributed by atoms with Crippen LogP contribution < -0.4 is 5.73 Å². The van der Waals surface area contributed by atoms with Crippen LogP contribution in [0.2, 0.25) is 0 Å². The van der Waals surface area contributed by atoms with E-state index < -0.39 is 0 Å². The highest BCUT2D eigenvalue weighted by Crippen LogP contribution is 2.21. The van der Waals surface area contributed by atoms with Crippen LogP contribution in [0, 0.1) is 5.41 Å². The fourth-order valence-electron chi connectivity index (χ4n) is 2.15. The van der Waals surface area contributed by atoms with Gasteiger partial charge in [-0.05, 0) is 30.3 Å². The Balaban J connectivity index is 2.19. The highest BCUT2D eigenvalue weighted by atomic mass is 16.1. The molecule has 5 nitrogen and oxygen atoms in total. The number of rotatable bonds is 3. The number of pyridine rings is 1. The summed E-state index contributed by atoms with van der Waals surface area (Å²) in [5.41, 5.74) is 9.20. The SMILES string of the molecule is N=Cc1cc(-n2ccc3cc(C=O)cnc32)ccc1N. The smallest absolute Gasteiger partial charge is 0.151 e. The summed E-state index contributed by atoms with van der Waals surface area (Å²) >= 11 is 0. The third-order valence-corrected chi connectivity index (χ3v) is 3.19. The number of carbonyl (C=O) groups is 1. The summed E-state index contributed by atoms with van der Waals surface area (Å²) in [7, 11) is 0. The maximum atomic E-state index is 10.8. The normalized spacial score (nSPS) is 10.6. The zero-order chi connectivity index (χ0) is 14.1. The first-order chi connectivity index (χ1) is 9.72. The zero-order valence-electron chi connectivity index (χ0n) is 10.6. The summed E-state index contributed by atoms with van der Waals surface area (Å²) in [5.74, 6) is 0. The molecule has 0 bridgehead atoms. The lowest BCUT2D eigenvalue weighted by Crippen LogP contribution is -1.98. The molecule has 0 spiro atoms. The molecule has 0 aliphatic rings. The topological polar surface area (TPSA) is 84.8 Å². The third kappa shape index (κ3) is 1.85. The van der Waals surface area contributed by atoms with E-state index in [9.17, 15) is 4.79 Å². The Morgan fingerprint density at radius 2 is 2.10 bits per heavy atom. The van der Waals surface area contributed by atoms with Crippen LogP contribution in [0.25, 0.3) is 16.7 Å². The fraction of sp³-hybridized carbons (Fsp3) is 0. The molecule has 3 aromatic rings. The van der Waals surface area contributed by atoms with E-state index in [4.69, 9.17) is 11.1 Å². The quantitative estimate of drug-likeness (QED) is 0.433. The van der Waals surface area contributed by atoms with E-state index in [0.29, 0.717) is 16.8 Å². The minimum absolute atomic E-state index is 0.549. The molecular weight excluding hydrogens is 252 g/mol. The van der Waals surface area contributed by atoms with Gasteiger partial charge in [-0.1, -0.05) is 0 Å². The minimum Gasteiger partial charge on any atom is -0.398 e. The second-order valence-electron chi connectivity index (χ2n) is 4.44. The molecule has 3 rings (SSSR count). The fourth-order valence-corrected chi connectivity index (χ4v) is 2.15. The lowest BCUT2D eigenvalue weighted by Gasteiger charge is -2.07. The molecule has 98 valence electrons. The highest BCUT2D eigenvalue weighted by molar-refractivity contribution is 5.88. The van der Waals surface area contributed by atoms with Crippen LogP contribution in [0.1, 0.15) is 15.9 Å². The average Bonchev–Trinajstić information content (AvgIpc) is 2.90. The van der Waals surface area contributed by atoms with Gasteiger partial charge >= 0.3 is 0 Å². The molecule has 0 saturated heterocycles. The lowest BCUT2D eigenvalue weighted by molar-refractivity contribution is 0.112. The monoisotopic (exact) mass is 264 g/mol. The van der Waals surface area contributed by atoms with Gasteiger partial charge in [-0.2, -0.15) is 0 Å². The van der Waals surface area contributed by atoms with Gasteiger partial charge in [0.1, 0.15) is 5.65 Å². The Morgan fingerprint density at radius 1 is 1.25 bits per heavy atom. The van der Waals surface area contributed by atoms with Crippen LogP contribution in [0.5, 0.6) is 0 Å². The van der Waals surface area contributed by atoms with Crippen molar-refractivity contribution >= 4 is 29.2 Å². The van der Waals surface area contributed by atoms with Crippen molar-refractivity contribution in [2.24, 2.45) is 0 Å². The second kappa shape index (κ2) is 4.62. The van der Waals surface area contributed by atoms with Crippen LogP contribution in [0.3, 0.4) is 0 Å². The standard InChI is InChI=1S/C15H12N4O/c16-7-12-6-13(1-2-14(12)17)19-4-3-11-5-10(9-20)8-18-15(11)19/h1-9,16H,17H2. The number of hydrogen-bond donors (Lipinski definition) is 2. The summed E-state index contributed by atoms with van der Waals surface area (Å²) in [6.45, 7) is 0. The van der Waals surface area contributed by atoms with Crippen molar-refractivity contribution in [1.29, 1.82) is 5.41 Å². The summed E-state index contributed by atoms with van der Waals surface area (Å²) in [5, 5.41) is 8.25. The third-order valence-electron chi connectivity index (χ3n) is 3.19. The summed E-state index contributed by atoms with van der Waals surface area (Å²) in [6.07, 6.45) is 5.43. The van der Waals surface area contributed by atoms with Crippen molar-refractivity contribution < 1.29 is 4.79 Å². The molecule has 0 fully saturated rings.